The molecule has 0 saturated carbocycles. The van der Waals surface area contributed by atoms with E-state index in [0.29, 0.717) is 17.2 Å². The van der Waals surface area contributed by atoms with E-state index in [1.807, 2.05) is 0 Å². The minimum atomic E-state index is -3.54. The van der Waals surface area contributed by atoms with Gasteiger partial charge < -0.3 is 13.7 Å². The molecule has 9 heteroatoms. The van der Waals surface area contributed by atoms with Crippen molar-refractivity contribution < 1.29 is 26.9 Å². The molecule has 0 fully saturated rings. The summed E-state index contributed by atoms with van der Waals surface area (Å²) in [6.07, 6.45) is 1.51. The molecule has 0 N–H and O–H groups in total. The van der Waals surface area contributed by atoms with E-state index < -0.39 is 16.0 Å². The van der Waals surface area contributed by atoms with Gasteiger partial charge in [0.05, 0.1) is 16.7 Å². The van der Waals surface area contributed by atoms with Crippen LogP contribution in [0.2, 0.25) is 0 Å². The normalized spacial score (nSPS) is 11.7. The van der Waals surface area contributed by atoms with Crippen LogP contribution < -0.4 is 0 Å². The van der Waals surface area contributed by atoms with Crippen molar-refractivity contribution in [3.63, 3.8) is 0 Å². The van der Waals surface area contributed by atoms with E-state index in [4.69, 9.17) is 13.7 Å². The fourth-order valence-corrected chi connectivity index (χ4v) is 3.01. The summed E-state index contributed by atoms with van der Waals surface area (Å²) in [7, 11) is -0.670. The van der Waals surface area contributed by atoms with Crippen LogP contribution in [-0.2, 0) is 21.4 Å². The van der Waals surface area contributed by atoms with Gasteiger partial charge in [0.15, 0.2) is 5.76 Å². The first-order valence-electron chi connectivity index (χ1n) is 7.57. The zero-order chi connectivity index (χ0) is 18.7. The molecule has 26 heavy (non-hydrogen) atoms. The van der Waals surface area contributed by atoms with E-state index in [1.54, 1.807) is 18.2 Å². The smallest absolute Gasteiger partial charge is 0.338 e. The summed E-state index contributed by atoms with van der Waals surface area (Å²) in [4.78, 5) is 12.2. The van der Waals surface area contributed by atoms with E-state index in [9.17, 15) is 13.2 Å². The molecule has 1 aromatic carbocycles. The minimum absolute atomic E-state index is 0.0825. The van der Waals surface area contributed by atoms with Gasteiger partial charge in [0.25, 0.3) is 0 Å². The lowest BCUT2D eigenvalue weighted by atomic mass is 10.2. The number of esters is 1. The number of sulfonamides is 1. The van der Waals surface area contributed by atoms with E-state index in [2.05, 4.69) is 5.16 Å². The molecule has 0 aliphatic heterocycles. The monoisotopic (exact) mass is 376 g/mol. The van der Waals surface area contributed by atoms with E-state index in [1.165, 1.54) is 44.6 Å². The Hall–Kier alpha value is -2.91. The summed E-state index contributed by atoms with van der Waals surface area (Å²) in [5.74, 6) is 0.355. The molecule has 3 aromatic rings. The summed E-state index contributed by atoms with van der Waals surface area (Å²) in [5, 5.41) is 3.81. The molecule has 2 heterocycles. The topological polar surface area (TPSA) is 103 Å². The summed E-state index contributed by atoms with van der Waals surface area (Å²) in [6.45, 7) is -0.0825. The third-order valence-electron chi connectivity index (χ3n) is 3.54. The van der Waals surface area contributed by atoms with Gasteiger partial charge in [-0.2, -0.15) is 0 Å². The fourth-order valence-electron chi connectivity index (χ4n) is 2.11. The van der Waals surface area contributed by atoms with Crippen LogP contribution in [0.15, 0.2) is 62.6 Å². The third-order valence-corrected chi connectivity index (χ3v) is 5.37. The molecular formula is C17H16N2O6S. The number of hydrogen-bond acceptors (Lipinski definition) is 7. The number of carbonyl (C=O) groups is 1. The van der Waals surface area contributed by atoms with Crippen molar-refractivity contribution in [2.45, 2.75) is 11.5 Å². The van der Waals surface area contributed by atoms with Gasteiger partial charge in [0, 0.05) is 20.2 Å². The molecule has 0 aliphatic rings. The zero-order valence-electron chi connectivity index (χ0n) is 14.1. The van der Waals surface area contributed by atoms with Gasteiger partial charge in [-0.3, -0.25) is 0 Å². The lowest BCUT2D eigenvalue weighted by Crippen LogP contribution is -2.22. The van der Waals surface area contributed by atoms with Gasteiger partial charge in [0.2, 0.25) is 15.8 Å². The largest absolute Gasteiger partial charge is 0.461 e. The maximum absolute atomic E-state index is 12.1. The number of carbonyl (C=O) groups excluding carboxylic acids is 1. The summed E-state index contributed by atoms with van der Waals surface area (Å²) in [6, 6.07) is 10.6. The highest BCUT2D eigenvalue weighted by atomic mass is 32.2. The lowest BCUT2D eigenvalue weighted by Gasteiger charge is -2.11. The van der Waals surface area contributed by atoms with Crippen LogP contribution in [-0.4, -0.2) is 37.9 Å². The number of ether oxygens (including phenoxy) is 1. The SMILES string of the molecule is CN(C)S(=O)(=O)c1ccc(C(=O)OCc2cc(-c3ccco3)on2)cc1. The van der Waals surface area contributed by atoms with Crippen molar-refractivity contribution in [3.8, 4) is 11.5 Å². The zero-order valence-corrected chi connectivity index (χ0v) is 14.9. The van der Waals surface area contributed by atoms with Crippen molar-refractivity contribution >= 4 is 16.0 Å². The van der Waals surface area contributed by atoms with E-state index in [0.717, 1.165) is 4.31 Å². The predicted octanol–water partition coefficient (Wildman–Crippen LogP) is 2.54. The molecule has 3 rings (SSSR count). The minimum Gasteiger partial charge on any atom is -0.461 e. The maximum Gasteiger partial charge on any atom is 0.338 e. The van der Waals surface area contributed by atoms with Gasteiger partial charge in [-0.15, -0.1) is 0 Å². The Labute approximate surface area is 150 Å². The predicted molar refractivity (Wildman–Crippen MR) is 90.6 cm³/mol. The standard InChI is InChI=1S/C17H16N2O6S/c1-19(2)26(21,22)14-7-5-12(6-8-14)17(20)24-11-13-10-16(25-18-13)15-4-3-9-23-15/h3-10H,11H2,1-2H3. The van der Waals surface area contributed by atoms with Gasteiger partial charge in [-0.1, -0.05) is 5.16 Å². The van der Waals surface area contributed by atoms with Crippen LogP contribution in [0, 0.1) is 0 Å². The van der Waals surface area contributed by atoms with E-state index in [-0.39, 0.29) is 17.1 Å². The Morgan fingerprint density at radius 3 is 2.50 bits per heavy atom. The Kier molecular flexibility index (Phi) is 4.92. The first kappa shape index (κ1) is 17.9. The first-order chi connectivity index (χ1) is 12.4. The summed E-state index contributed by atoms with van der Waals surface area (Å²) >= 11 is 0. The fraction of sp³-hybridized carbons (Fsp3) is 0.176. The van der Waals surface area contributed by atoms with Crippen LogP contribution in [0.25, 0.3) is 11.5 Å². The third kappa shape index (κ3) is 3.68. The molecular weight excluding hydrogens is 360 g/mol. The van der Waals surface area contributed by atoms with Gasteiger partial charge >= 0.3 is 5.97 Å². The molecule has 2 aromatic heterocycles. The van der Waals surface area contributed by atoms with E-state index >= 15 is 0 Å². The number of benzene rings is 1. The average molecular weight is 376 g/mol. The molecule has 136 valence electrons. The molecule has 0 bridgehead atoms. The highest BCUT2D eigenvalue weighted by Crippen LogP contribution is 2.21. The van der Waals surface area contributed by atoms with Crippen LogP contribution in [0.1, 0.15) is 16.1 Å². The van der Waals surface area contributed by atoms with Crippen LogP contribution in [0.4, 0.5) is 0 Å². The van der Waals surface area contributed by atoms with Crippen LogP contribution in [0.5, 0.6) is 0 Å². The number of hydrogen-bond donors (Lipinski definition) is 0. The quantitative estimate of drug-likeness (QED) is 0.609. The molecule has 0 radical (unpaired) electrons. The van der Waals surface area contributed by atoms with Gasteiger partial charge in [-0.25, -0.2) is 17.5 Å². The van der Waals surface area contributed by atoms with Crippen LogP contribution >= 0.6 is 0 Å². The number of rotatable bonds is 6. The Bertz CT molecular complexity index is 988. The number of nitrogens with zero attached hydrogens (tertiary/aromatic N) is 2. The Morgan fingerprint density at radius 1 is 1.15 bits per heavy atom. The number of aromatic nitrogens is 1. The molecule has 0 unspecified atom stereocenters. The van der Waals surface area contributed by atoms with Crippen molar-refractivity contribution in [1.29, 1.82) is 0 Å². The highest BCUT2D eigenvalue weighted by molar-refractivity contribution is 7.89. The van der Waals surface area contributed by atoms with Crippen molar-refractivity contribution in [3.05, 3.63) is 60.0 Å². The molecule has 0 spiro atoms. The van der Waals surface area contributed by atoms with Crippen molar-refractivity contribution in [1.82, 2.24) is 9.46 Å². The lowest BCUT2D eigenvalue weighted by molar-refractivity contribution is 0.0464. The average Bonchev–Trinajstić information content (AvgIpc) is 3.31. The molecule has 0 amide bonds. The molecule has 0 atom stereocenters. The van der Waals surface area contributed by atoms with Gasteiger partial charge in [0.1, 0.15) is 12.3 Å². The highest BCUT2D eigenvalue weighted by Gasteiger charge is 2.18. The second-order valence-electron chi connectivity index (χ2n) is 5.55. The Balaban J connectivity index is 1.64. The second-order valence-corrected chi connectivity index (χ2v) is 7.70. The van der Waals surface area contributed by atoms with Crippen molar-refractivity contribution in [2.24, 2.45) is 0 Å². The summed E-state index contributed by atoms with van der Waals surface area (Å²) < 4.78 is 40.6. The summed E-state index contributed by atoms with van der Waals surface area (Å²) in [5.41, 5.74) is 0.661. The molecule has 8 nitrogen and oxygen atoms in total. The number of furan rings is 1. The van der Waals surface area contributed by atoms with Crippen LogP contribution in [0.3, 0.4) is 0 Å². The van der Waals surface area contributed by atoms with Crippen molar-refractivity contribution in [2.75, 3.05) is 14.1 Å². The Morgan fingerprint density at radius 2 is 1.88 bits per heavy atom. The first-order valence-corrected chi connectivity index (χ1v) is 9.01. The second kappa shape index (κ2) is 7.14. The maximum atomic E-state index is 12.1. The molecule has 0 aliphatic carbocycles. The molecule has 0 saturated heterocycles. The van der Waals surface area contributed by atoms with Gasteiger partial charge in [-0.05, 0) is 36.4 Å².